The number of anilines is 1. The molecule has 0 radical (unpaired) electrons. The molecule has 0 aliphatic carbocycles. The number of amides is 2. The fourth-order valence-electron chi connectivity index (χ4n) is 4.65. The maximum atomic E-state index is 13.3. The van der Waals surface area contributed by atoms with Crippen LogP contribution in [-0.4, -0.2) is 50.3 Å². The summed E-state index contributed by atoms with van der Waals surface area (Å²) in [6.07, 6.45) is -0.619. The maximum absolute atomic E-state index is 13.3. The van der Waals surface area contributed by atoms with Gasteiger partial charge in [-0.05, 0) is 80.8 Å². The summed E-state index contributed by atoms with van der Waals surface area (Å²) in [5, 5.41) is 16.2. The lowest BCUT2D eigenvalue weighted by Gasteiger charge is -2.21. The monoisotopic (exact) mass is 618 g/mol. The third-order valence-corrected chi connectivity index (χ3v) is 6.92. The van der Waals surface area contributed by atoms with Crippen LogP contribution in [0.2, 0.25) is 0 Å². The molecular weight excluding hydrogens is 584 g/mol. The molecule has 5 aromatic rings. The minimum atomic E-state index is -1.14. The number of benzene rings is 4. The molecule has 0 unspecified atom stereocenters. The molecule has 0 saturated heterocycles. The number of hydrogen-bond acceptors (Lipinski definition) is 7. The summed E-state index contributed by atoms with van der Waals surface area (Å²) in [7, 11) is 0. The van der Waals surface area contributed by atoms with E-state index in [2.05, 4.69) is 46.6 Å². The molecule has 2 amide bonds. The van der Waals surface area contributed by atoms with Crippen LogP contribution in [0.25, 0.3) is 34.0 Å². The quantitative estimate of drug-likeness (QED) is 0.174. The average Bonchev–Trinajstić information content (AvgIpc) is 3.51. The Kier molecular flexibility index (Phi) is 9.27. The fourth-order valence-corrected chi connectivity index (χ4v) is 4.65. The second kappa shape index (κ2) is 13.5. The molecule has 1 aromatic heterocycles. The summed E-state index contributed by atoms with van der Waals surface area (Å²) in [6.45, 7) is 6.90. The molecule has 0 aliphatic rings. The molecule has 10 nitrogen and oxygen atoms in total. The first-order valence-electron chi connectivity index (χ1n) is 14.7. The van der Waals surface area contributed by atoms with E-state index in [4.69, 9.17) is 9.26 Å². The van der Waals surface area contributed by atoms with Crippen molar-refractivity contribution in [2.45, 2.75) is 39.8 Å². The average molecular weight is 619 g/mol. The minimum absolute atomic E-state index is 0.0612. The number of nitrogens with zero attached hydrogens (tertiary/aromatic N) is 3. The molecule has 0 bridgehead atoms. The van der Waals surface area contributed by atoms with Crippen molar-refractivity contribution in [1.29, 1.82) is 0 Å². The third-order valence-electron chi connectivity index (χ3n) is 6.92. The van der Waals surface area contributed by atoms with Gasteiger partial charge in [0.2, 0.25) is 5.82 Å². The van der Waals surface area contributed by atoms with Gasteiger partial charge in [-0.1, -0.05) is 71.4 Å². The summed E-state index contributed by atoms with van der Waals surface area (Å²) in [6, 6.07) is 29.6. The number of carboxylic acid groups (broad SMARTS) is 1. The summed E-state index contributed by atoms with van der Waals surface area (Å²) in [5.74, 6) is -0.813. The Labute approximate surface area is 266 Å². The second-order valence-electron chi connectivity index (χ2n) is 11.8. The van der Waals surface area contributed by atoms with Gasteiger partial charge in [0, 0.05) is 28.9 Å². The normalized spacial score (nSPS) is 11.1. The van der Waals surface area contributed by atoms with Gasteiger partial charge in [-0.25, -0.2) is 4.79 Å². The van der Waals surface area contributed by atoms with Gasteiger partial charge in [-0.3, -0.25) is 14.9 Å². The number of hydrogen-bond donors (Lipinski definition) is 2. The van der Waals surface area contributed by atoms with Gasteiger partial charge in [0.15, 0.2) is 0 Å². The third kappa shape index (κ3) is 8.23. The Balaban J connectivity index is 1.24. The summed E-state index contributed by atoms with van der Waals surface area (Å²) in [4.78, 5) is 42.7. The number of carbonyl (C=O) groups excluding carboxylic acids is 2. The molecule has 0 fully saturated rings. The van der Waals surface area contributed by atoms with E-state index in [0.717, 1.165) is 16.7 Å². The zero-order valence-electron chi connectivity index (χ0n) is 26.0. The van der Waals surface area contributed by atoms with E-state index in [1.54, 1.807) is 57.2 Å². The van der Waals surface area contributed by atoms with Gasteiger partial charge in [0.1, 0.15) is 12.1 Å². The molecule has 46 heavy (non-hydrogen) atoms. The van der Waals surface area contributed by atoms with Crippen LogP contribution < -0.4 is 5.32 Å². The molecule has 2 N–H and O–H groups in total. The van der Waals surface area contributed by atoms with Crippen molar-refractivity contribution >= 4 is 23.7 Å². The number of aromatic nitrogens is 2. The Hall–Kier alpha value is -5.77. The van der Waals surface area contributed by atoms with Crippen molar-refractivity contribution in [3.05, 3.63) is 114 Å². The topological polar surface area (TPSA) is 135 Å². The molecule has 0 spiro atoms. The summed E-state index contributed by atoms with van der Waals surface area (Å²) < 4.78 is 10.8. The van der Waals surface area contributed by atoms with Crippen LogP contribution in [0, 0.1) is 6.92 Å². The second-order valence-corrected chi connectivity index (χ2v) is 11.8. The molecule has 4 aromatic carbocycles. The number of carboxylic acids is 1. The molecule has 5 rings (SSSR count). The molecular formula is C36H34N4O6. The van der Waals surface area contributed by atoms with Crippen molar-refractivity contribution in [2.24, 2.45) is 0 Å². The molecule has 234 valence electrons. The highest BCUT2D eigenvalue weighted by molar-refractivity contribution is 5.96. The van der Waals surface area contributed by atoms with Crippen molar-refractivity contribution in [3.8, 4) is 34.0 Å². The molecule has 0 aliphatic heterocycles. The number of ether oxygens (including phenoxy) is 1. The molecule has 10 heteroatoms. The van der Waals surface area contributed by atoms with Gasteiger partial charge in [-0.2, -0.15) is 4.98 Å². The van der Waals surface area contributed by atoms with Crippen molar-refractivity contribution in [2.75, 3.05) is 11.9 Å². The van der Waals surface area contributed by atoms with Gasteiger partial charge in [0.05, 0.1) is 0 Å². The van der Waals surface area contributed by atoms with Crippen LogP contribution in [0.15, 0.2) is 102 Å². The summed E-state index contributed by atoms with van der Waals surface area (Å²) in [5.41, 5.74) is 5.70. The van der Waals surface area contributed by atoms with E-state index in [1.807, 2.05) is 24.3 Å². The van der Waals surface area contributed by atoms with E-state index >= 15 is 0 Å². The zero-order valence-corrected chi connectivity index (χ0v) is 26.0. The van der Waals surface area contributed by atoms with Crippen LogP contribution in [0.3, 0.4) is 0 Å². The number of aryl methyl sites for hydroxylation is 1. The highest BCUT2D eigenvalue weighted by atomic mass is 16.6. The Morgan fingerprint density at radius 2 is 1.37 bits per heavy atom. The molecule has 1 heterocycles. The maximum Gasteiger partial charge on any atom is 0.412 e. The number of rotatable bonds is 9. The largest absolute Gasteiger partial charge is 0.480 e. The number of aliphatic carboxylic acids is 1. The number of carbonyl (C=O) groups is 3. The standard InChI is InChI=1S/C36H34N4O6/c1-23-5-9-25(10-6-23)26-13-15-27(16-14-26)32-38-33(46-39-32)28-11-7-24(8-12-28)21-40(22-31(41)42)34(43)29-17-19-30(20-18-29)37-35(44)45-36(2,3)4/h5-20H,21-22H2,1-4H3,(H,37,44)(H,41,42). The van der Waals surface area contributed by atoms with Gasteiger partial charge >= 0.3 is 12.1 Å². The van der Waals surface area contributed by atoms with Crippen LogP contribution in [0.4, 0.5) is 10.5 Å². The van der Waals surface area contributed by atoms with Gasteiger partial charge in [-0.15, -0.1) is 0 Å². The molecule has 0 atom stereocenters. The predicted molar refractivity (Wildman–Crippen MR) is 174 cm³/mol. The van der Waals surface area contributed by atoms with E-state index in [0.29, 0.717) is 28.5 Å². The van der Waals surface area contributed by atoms with Crippen molar-refractivity contribution in [1.82, 2.24) is 15.0 Å². The van der Waals surface area contributed by atoms with E-state index in [-0.39, 0.29) is 12.1 Å². The van der Waals surface area contributed by atoms with E-state index in [1.165, 1.54) is 22.6 Å². The van der Waals surface area contributed by atoms with Crippen LogP contribution in [0.5, 0.6) is 0 Å². The van der Waals surface area contributed by atoms with Gasteiger partial charge < -0.3 is 19.3 Å². The number of nitrogens with one attached hydrogen (secondary N) is 1. The first-order valence-corrected chi connectivity index (χ1v) is 14.7. The Morgan fingerprint density at radius 3 is 1.96 bits per heavy atom. The van der Waals surface area contributed by atoms with Crippen molar-refractivity contribution < 1.29 is 28.8 Å². The Bertz CT molecular complexity index is 1820. The van der Waals surface area contributed by atoms with E-state index in [9.17, 15) is 19.5 Å². The van der Waals surface area contributed by atoms with Gasteiger partial charge in [0.25, 0.3) is 11.8 Å². The lowest BCUT2D eigenvalue weighted by atomic mass is 10.0. The first-order chi connectivity index (χ1) is 21.9. The minimum Gasteiger partial charge on any atom is -0.480 e. The highest BCUT2D eigenvalue weighted by Crippen LogP contribution is 2.26. The Morgan fingerprint density at radius 1 is 0.804 bits per heavy atom. The predicted octanol–water partition coefficient (Wildman–Crippen LogP) is 7.45. The lowest BCUT2D eigenvalue weighted by Crippen LogP contribution is -2.35. The van der Waals surface area contributed by atoms with E-state index < -0.39 is 30.1 Å². The smallest absolute Gasteiger partial charge is 0.412 e. The highest BCUT2D eigenvalue weighted by Gasteiger charge is 2.21. The SMILES string of the molecule is Cc1ccc(-c2ccc(-c3noc(-c4ccc(CN(CC(=O)O)C(=O)c5ccc(NC(=O)OC(C)(C)C)cc5)cc4)n3)cc2)cc1. The molecule has 0 saturated carbocycles. The lowest BCUT2D eigenvalue weighted by molar-refractivity contribution is -0.137. The van der Waals surface area contributed by atoms with Crippen LogP contribution >= 0.6 is 0 Å². The zero-order chi connectivity index (χ0) is 32.8. The van der Waals surface area contributed by atoms with Crippen LogP contribution in [0.1, 0.15) is 42.3 Å². The fraction of sp³-hybridized carbons (Fsp3) is 0.194. The van der Waals surface area contributed by atoms with Crippen molar-refractivity contribution in [3.63, 3.8) is 0 Å². The first kappa shape index (κ1) is 31.6. The summed E-state index contributed by atoms with van der Waals surface area (Å²) >= 11 is 0. The van der Waals surface area contributed by atoms with Crippen LogP contribution in [-0.2, 0) is 16.1 Å².